The lowest BCUT2D eigenvalue weighted by Crippen LogP contribution is -2.52. The molecule has 22 heavy (non-hydrogen) atoms. The Hall–Kier alpha value is -1.50. The Balaban J connectivity index is 1.66. The van der Waals surface area contributed by atoms with Crippen LogP contribution in [0, 0.1) is 0 Å². The van der Waals surface area contributed by atoms with Crippen LogP contribution >= 0.6 is 11.6 Å². The Labute approximate surface area is 133 Å². The lowest BCUT2D eigenvalue weighted by atomic mass is 10.0. The Morgan fingerprint density at radius 3 is 2.82 bits per heavy atom. The number of aliphatic hydroxyl groups excluding tert-OH is 1. The molecule has 1 aromatic rings. The first-order valence-electron chi connectivity index (χ1n) is 7.39. The van der Waals surface area contributed by atoms with Gasteiger partial charge < -0.3 is 25.2 Å². The van der Waals surface area contributed by atoms with Gasteiger partial charge in [-0.15, -0.1) is 0 Å². The van der Waals surface area contributed by atoms with Crippen LogP contribution in [0.4, 0.5) is 0 Å². The van der Waals surface area contributed by atoms with Crippen LogP contribution in [0.25, 0.3) is 0 Å². The average molecular weight is 327 g/mol. The van der Waals surface area contributed by atoms with Gasteiger partial charge in [0.1, 0.15) is 13.2 Å². The van der Waals surface area contributed by atoms with Gasteiger partial charge in [-0.2, -0.15) is 0 Å². The second-order valence-electron chi connectivity index (χ2n) is 5.50. The van der Waals surface area contributed by atoms with Crippen molar-refractivity contribution in [3.63, 3.8) is 0 Å². The molecule has 1 saturated heterocycles. The predicted octanol–water partition coefficient (Wildman–Crippen LogP) is 0.493. The monoisotopic (exact) mass is 326 g/mol. The van der Waals surface area contributed by atoms with E-state index < -0.39 is 6.10 Å². The van der Waals surface area contributed by atoms with Gasteiger partial charge >= 0.3 is 0 Å². The quantitative estimate of drug-likeness (QED) is 0.753. The molecular weight excluding hydrogens is 308 g/mol. The molecule has 2 atom stereocenters. The molecule has 2 aliphatic rings. The first-order valence-corrected chi connectivity index (χ1v) is 7.77. The third-order valence-electron chi connectivity index (χ3n) is 3.86. The number of carbonyl (C=O) groups excluding carboxylic acids is 1. The Morgan fingerprint density at radius 1 is 1.36 bits per heavy atom. The summed E-state index contributed by atoms with van der Waals surface area (Å²) in [6.45, 7) is 2.26. The molecule has 0 saturated carbocycles. The Kier molecular flexibility index (Phi) is 4.71. The molecule has 2 aliphatic heterocycles. The molecule has 2 heterocycles. The summed E-state index contributed by atoms with van der Waals surface area (Å²) in [4.78, 5) is 12.2. The maximum Gasteiger partial charge on any atom is 0.224 e. The molecule has 1 fully saturated rings. The van der Waals surface area contributed by atoms with E-state index in [0.717, 1.165) is 6.54 Å². The zero-order valence-corrected chi connectivity index (χ0v) is 12.9. The summed E-state index contributed by atoms with van der Waals surface area (Å²) in [6, 6.07) is 3.21. The van der Waals surface area contributed by atoms with E-state index in [9.17, 15) is 9.90 Å². The summed E-state index contributed by atoms with van der Waals surface area (Å²) >= 11 is 6.20. The van der Waals surface area contributed by atoms with Gasteiger partial charge in [0, 0.05) is 17.6 Å². The van der Waals surface area contributed by atoms with E-state index in [1.54, 1.807) is 12.1 Å². The van der Waals surface area contributed by atoms with Crippen LogP contribution in [-0.2, 0) is 11.2 Å². The summed E-state index contributed by atoms with van der Waals surface area (Å²) in [5, 5.41) is 16.3. The van der Waals surface area contributed by atoms with Gasteiger partial charge in [0.05, 0.1) is 18.6 Å². The lowest BCUT2D eigenvalue weighted by Gasteiger charge is -2.29. The number of hydrogen-bond acceptors (Lipinski definition) is 5. The number of benzene rings is 1. The van der Waals surface area contributed by atoms with E-state index in [1.165, 1.54) is 0 Å². The largest absolute Gasteiger partial charge is 0.486 e. The molecule has 0 bridgehead atoms. The second-order valence-corrected chi connectivity index (χ2v) is 5.91. The van der Waals surface area contributed by atoms with E-state index in [4.69, 9.17) is 21.1 Å². The number of fused-ring (bicyclic) bond motifs is 1. The van der Waals surface area contributed by atoms with Crippen LogP contribution in [0.2, 0.25) is 5.02 Å². The molecule has 1 amide bonds. The number of aliphatic hydroxyl groups is 1. The first-order chi connectivity index (χ1) is 10.6. The molecule has 120 valence electrons. The number of piperidine rings is 1. The standard InChI is InChI=1S/C15H19ClN2O4/c16-10-7-14-13(21-3-4-22-14)5-9(10)6-15(20)18-11-1-2-17-8-12(11)19/h5,7,11-12,17,19H,1-4,6,8H2,(H,18,20)/t11-,12-/m1/s1. The number of ether oxygens (including phenoxy) is 2. The molecule has 0 aliphatic carbocycles. The van der Waals surface area contributed by atoms with Gasteiger partial charge in [-0.1, -0.05) is 11.6 Å². The SMILES string of the molecule is O=C(Cc1cc2c(cc1Cl)OCCO2)N[C@@H]1CCNC[C@H]1O. The van der Waals surface area contributed by atoms with Crippen molar-refractivity contribution in [3.05, 3.63) is 22.7 Å². The van der Waals surface area contributed by atoms with Crippen molar-refractivity contribution in [2.45, 2.75) is 25.0 Å². The zero-order valence-electron chi connectivity index (χ0n) is 12.1. The van der Waals surface area contributed by atoms with Crippen molar-refractivity contribution in [2.24, 2.45) is 0 Å². The highest BCUT2D eigenvalue weighted by molar-refractivity contribution is 6.31. The van der Waals surface area contributed by atoms with Crippen molar-refractivity contribution < 1.29 is 19.4 Å². The number of hydrogen-bond donors (Lipinski definition) is 3. The van der Waals surface area contributed by atoms with Crippen LogP contribution in [0.3, 0.4) is 0 Å². The minimum absolute atomic E-state index is 0.145. The maximum absolute atomic E-state index is 12.2. The van der Waals surface area contributed by atoms with Crippen molar-refractivity contribution in [3.8, 4) is 11.5 Å². The highest BCUT2D eigenvalue weighted by Gasteiger charge is 2.25. The third-order valence-corrected chi connectivity index (χ3v) is 4.21. The summed E-state index contributed by atoms with van der Waals surface area (Å²) in [5.41, 5.74) is 0.687. The number of carbonyl (C=O) groups is 1. The lowest BCUT2D eigenvalue weighted by molar-refractivity contribution is -0.122. The average Bonchev–Trinajstić information content (AvgIpc) is 2.50. The normalized spacial score (nSPS) is 23.9. The molecule has 7 heteroatoms. The van der Waals surface area contributed by atoms with Crippen LogP contribution < -0.4 is 20.1 Å². The van der Waals surface area contributed by atoms with E-state index >= 15 is 0 Å². The predicted molar refractivity (Wildman–Crippen MR) is 81.6 cm³/mol. The molecule has 3 N–H and O–H groups in total. The zero-order chi connectivity index (χ0) is 15.5. The molecule has 0 spiro atoms. The smallest absolute Gasteiger partial charge is 0.224 e. The van der Waals surface area contributed by atoms with E-state index in [-0.39, 0.29) is 18.4 Å². The van der Waals surface area contributed by atoms with Gasteiger partial charge in [0.15, 0.2) is 11.5 Å². The minimum Gasteiger partial charge on any atom is -0.486 e. The summed E-state index contributed by atoms with van der Waals surface area (Å²) < 4.78 is 11.0. The van der Waals surface area contributed by atoms with Crippen LogP contribution in [0.1, 0.15) is 12.0 Å². The number of rotatable bonds is 3. The number of nitrogens with one attached hydrogen (secondary N) is 2. The molecule has 0 unspecified atom stereocenters. The van der Waals surface area contributed by atoms with Gasteiger partial charge in [0.2, 0.25) is 5.91 Å². The van der Waals surface area contributed by atoms with Crippen LogP contribution in [0.15, 0.2) is 12.1 Å². The van der Waals surface area contributed by atoms with E-state index in [0.29, 0.717) is 48.3 Å². The minimum atomic E-state index is -0.562. The fourth-order valence-electron chi connectivity index (χ4n) is 2.68. The molecule has 3 rings (SSSR count). The van der Waals surface area contributed by atoms with Gasteiger partial charge in [-0.3, -0.25) is 4.79 Å². The van der Waals surface area contributed by atoms with Gasteiger partial charge in [-0.05, 0) is 24.6 Å². The summed E-state index contributed by atoms with van der Waals surface area (Å²) in [7, 11) is 0. The molecule has 1 aromatic carbocycles. The van der Waals surface area contributed by atoms with Crippen molar-refractivity contribution in [1.29, 1.82) is 0 Å². The maximum atomic E-state index is 12.2. The molecular formula is C15H19ClN2O4. The first kappa shape index (κ1) is 15.4. The van der Waals surface area contributed by atoms with Crippen molar-refractivity contribution in [1.82, 2.24) is 10.6 Å². The second kappa shape index (κ2) is 6.73. The van der Waals surface area contributed by atoms with E-state index in [1.807, 2.05) is 0 Å². The molecule has 6 nitrogen and oxygen atoms in total. The fraction of sp³-hybridized carbons (Fsp3) is 0.533. The third kappa shape index (κ3) is 3.45. The number of halogens is 1. The van der Waals surface area contributed by atoms with Crippen molar-refractivity contribution in [2.75, 3.05) is 26.3 Å². The van der Waals surface area contributed by atoms with Crippen LogP contribution in [-0.4, -0.2) is 49.5 Å². The van der Waals surface area contributed by atoms with Crippen LogP contribution in [0.5, 0.6) is 11.5 Å². The summed E-state index contributed by atoms with van der Waals surface area (Å²) in [5.74, 6) is 1.05. The Morgan fingerprint density at radius 2 is 2.09 bits per heavy atom. The number of amides is 1. The molecule has 0 radical (unpaired) electrons. The highest BCUT2D eigenvalue weighted by atomic mass is 35.5. The topological polar surface area (TPSA) is 79.8 Å². The number of β-amino-alcohol motifs (C(OH)–C–C–N with tert-alkyl or cyclic N) is 1. The van der Waals surface area contributed by atoms with Gasteiger partial charge in [0.25, 0.3) is 0 Å². The highest BCUT2D eigenvalue weighted by Crippen LogP contribution is 2.35. The Bertz CT molecular complexity index is 567. The molecule has 0 aromatic heterocycles. The summed E-state index contributed by atoms with van der Waals surface area (Å²) in [6.07, 6.45) is 0.293. The van der Waals surface area contributed by atoms with Gasteiger partial charge in [-0.25, -0.2) is 0 Å². The van der Waals surface area contributed by atoms with Crippen molar-refractivity contribution >= 4 is 17.5 Å². The fourth-order valence-corrected chi connectivity index (χ4v) is 2.90. The van der Waals surface area contributed by atoms with E-state index in [2.05, 4.69) is 10.6 Å².